The van der Waals surface area contributed by atoms with Crippen molar-refractivity contribution in [2.24, 2.45) is 0 Å². The van der Waals surface area contributed by atoms with Crippen LogP contribution in [0.5, 0.6) is 17.2 Å². The van der Waals surface area contributed by atoms with Crippen LogP contribution in [0.4, 0.5) is 0 Å². The van der Waals surface area contributed by atoms with Gasteiger partial charge < -0.3 is 14.9 Å². The van der Waals surface area contributed by atoms with Gasteiger partial charge in [-0.2, -0.15) is 0 Å². The van der Waals surface area contributed by atoms with Gasteiger partial charge in [0.1, 0.15) is 23.9 Å². The minimum absolute atomic E-state index is 0.197. The molecule has 1 fully saturated rings. The zero-order valence-electron chi connectivity index (χ0n) is 18.4. The van der Waals surface area contributed by atoms with E-state index in [1.807, 2.05) is 18.2 Å². The highest BCUT2D eigenvalue weighted by Gasteiger charge is 2.32. The molecule has 0 spiro atoms. The van der Waals surface area contributed by atoms with E-state index in [4.69, 9.17) is 4.74 Å². The molecule has 0 aromatic heterocycles. The van der Waals surface area contributed by atoms with E-state index in [-0.39, 0.29) is 5.92 Å². The highest BCUT2D eigenvalue weighted by atomic mass is 16.5. The summed E-state index contributed by atoms with van der Waals surface area (Å²) in [6.07, 6.45) is 4.54. The molecule has 0 saturated carbocycles. The number of likely N-dealkylation sites (tertiary alicyclic amines) is 1. The summed E-state index contributed by atoms with van der Waals surface area (Å²) in [5, 5.41) is 19.8. The van der Waals surface area contributed by atoms with Gasteiger partial charge in [-0.05, 0) is 103 Å². The normalized spacial score (nSPS) is 20.8. The van der Waals surface area contributed by atoms with Gasteiger partial charge in [0.15, 0.2) is 0 Å². The molecule has 1 heterocycles. The Hall–Kier alpha value is -2.98. The van der Waals surface area contributed by atoms with Crippen LogP contribution >= 0.6 is 0 Å². The van der Waals surface area contributed by atoms with Crippen molar-refractivity contribution in [3.8, 4) is 17.2 Å². The molecule has 2 unspecified atom stereocenters. The third-order valence-electron chi connectivity index (χ3n) is 7.02. The lowest BCUT2D eigenvalue weighted by atomic mass is 9.69. The van der Waals surface area contributed by atoms with Crippen LogP contribution in [0.1, 0.15) is 53.4 Å². The van der Waals surface area contributed by atoms with Gasteiger partial charge in [0.05, 0.1) is 0 Å². The first-order valence-corrected chi connectivity index (χ1v) is 11.7. The average Bonchev–Trinajstić information content (AvgIpc) is 3.33. The van der Waals surface area contributed by atoms with Crippen LogP contribution in [0.3, 0.4) is 0 Å². The predicted molar refractivity (Wildman–Crippen MR) is 127 cm³/mol. The fourth-order valence-corrected chi connectivity index (χ4v) is 5.37. The molecule has 2 atom stereocenters. The van der Waals surface area contributed by atoms with Crippen LogP contribution in [-0.2, 0) is 6.42 Å². The molecule has 4 nitrogen and oxygen atoms in total. The SMILES string of the molecule is Oc1ccc(C2CCc3cc(O)ccc3C2c2ccc(OCCN3CCCC3)cc2)cc1. The Kier molecular flexibility index (Phi) is 6.04. The van der Waals surface area contributed by atoms with Gasteiger partial charge in [-0.25, -0.2) is 0 Å². The van der Waals surface area contributed by atoms with Crippen molar-refractivity contribution in [1.29, 1.82) is 0 Å². The Morgan fingerprint density at radius 1 is 0.812 bits per heavy atom. The number of benzene rings is 3. The molecule has 2 N–H and O–H groups in total. The molecule has 3 aromatic rings. The number of fused-ring (bicyclic) bond motifs is 1. The summed E-state index contributed by atoms with van der Waals surface area (Å²) in [4.78, 5) is 2.46. The Bertz CT molecular complexity index is 1040. The van der Waals surface area contributed by atoms with Gasteiger partial charge in [-0.15, -0.1) is 0 Å². The lowest BCUT2D eigenvalue weighted by molar-refractivity contribution is 0.237. The minimum Gasteiger partial charge on any atom is -0.508 e. The first-order valence-electron chi connectivity index (χ1n) is 11.7. The van der Waals surface area contributed by atoms with Crippen LogP contribution in [0.2, 0.25) is 0 Å². The Labute approximate surface area is 190 Å². The number of aromatic hydroxyl groups is 2. The highest BCUT2D eigenvalue weighted by molar-refractivity contribution is 5.48. The van der Waals surface area contributed by atoms with Crippen molar-refractivity contribution in [2.75, 3.05) is 26.2 Å². The maximum absolute atomic E-state index is 10.0. The van der Waals surface area contributed by atoms with E-state index >= 15 is 0 Å². The smallest absolute Gasteiger partial charge is 0.119 e. The first-order chi connectivity index (χ1) is 15.7. The van der Waals surface area contributed by atoms with E-state index < -0.39 is 0 Å². The first kappa shape index (κ1) is 20.9. The second-order valence-electron chi connectivity index (χ2n) is 9.06. The molecular weight excluding hydrogens is 398 g/mol. The molecule has 3 aromatic carbocycles. The highest BCUT2D eigenvalue weighted by Crippen LogP contribution is 2.47. The average molecular weight is 430 g/mol. The van der Waals surface area contributed by atoms with Crippen molar-refractivity contribution in [1.82, 2.24) is 4.90 Å². The molecule has 1 saturated heterocycles. The molecule has 1 aliphatic carbocycles. The molecule has 2 aliphatic rings. The topological polar surface area (TPSA) is 52.9 Å². The number of ether oxygens (including phenoxy) is 1. The Morgan fingerprint density at radius 2 is 1.50 bits per heavy atom. The Balaban J connectivity index is 1.39. The van der Waals surface area contributed by atoms with Gasteiger partial charge in [0, 0.05) is 12.5 Å². The van der Waals surface area contributed by atoms with Crippen molar-refractivity contribution >= 4 is 0 Å². The fraction of sp³-hybridized carbons (Fsp3) is 0.357. The van der Waals surface area contributed by atoms with Gasteiger partial charge >= 0.3 is 0 Å². The van der Waals surface area contributed by atoms with Crippen molar-refractivity contribution in [2.45, 2.75) is 37.5 Å². The summed E-state index contributed by atoms with van der Waals surface area (Å²) in [7, 11) is 0. The summed E-state index contributed by atoms with van der Waals surface area (Å²) in [5.74, 6) is 2.04. The summed E-state index contributed by atoms with van der Waals surface area (Å²) >= 11 is 0. The molecule has 32 heavy (non-hydrogen) atoms. The fourth-order valence-electron chi connectivity index (χ4n) is 5.37. The minimum atomic E-state index is 0.197. The summed E-state index contributed by atoms with van der Waals surface area (Å²) in [5.41, 5.74) is 4.98. The zero-order chi connectivity index (χ0) is 21.9. The number of hydrogen-bond donors (Lipinski definition) is 2. The van der Waals surface area contributed by atoms with Gasteiger partial charge in [-0.3, -0.25) is 4.90 Å². The van der Waals surface area contributed by atoms with Gasteiger partial charge in [0.25, 0.3) is 0 Å². The predicted octanol–water partition coefficient (Wildman–Crippen LogP) is 5.43. The number of nitrogens with zero attached hydrogens (tertiary/aromatic N) is 1. The lowest BCUT2D eigenvalue weighted by Gasteiger charge is -2.35. The van der Waals surface area contributed by atoms with Crippen LogP contribution < -0.4 is 4.74 Å². The molecule has 0 bridgehead atoms. The van der Waals surface area contributed by atoms with Gasteiger partial charge in [-0.1, -0.05) is 30.3 Å². The van der Waals surface area contributed by atoms with Crippen molar-refractivity contribution < 1.29 is 14.9 Å². The summed E-state index contributed by atoms with van der Waals surface area (Å²) in [6.45, 7) is 4.10. The third kappa shape index (κ3) is 4.46. The van der Waals surface area contributed by atoms with Crippen LogP contribution in [-0.4, -0.2) is 41.4 Å². The Morgan fingerprint density at radius 3 is 2.25 bits per heavy atom. The molecule has 4 heteroatoms. The molecule has 166 valence electrons. The second-order valence-corrected chi connectivity index (χ2v) is 9.06. The van der Waals surface area contributed by atoms with Gasteiger partial charge in [0.2, 0.25) is 0 Å². The largest absolute Gasteiger partial charge is 0.508 e. The van der Waals surface area contributed by atoms with Crippen molar-refractivity contribution in [3.63, 3.8) is 0 Å². The van der Waals surface area contributed by atoms with E-state index in [0.717, 1.165) is 31.7 Å². The number of aryl methyl sites for hydroxylation is 1. The van der Waals surface area contributed by atoms with Crippen LogP contribution in [0.15, 0.2) is 66.7 Å². The van der Waals surface area contributed by atoms with E-state index in [0.29, 0.717) is 17.4 Å². The number of phenols is 2. The van der Waals surface area contributed by atoms with E-state index in [1.165, 1.54) is 48.2 Å². The number of phenolic OH excluding ortho intramolecular Hbond substituents is 2. The van der Waals surface area contributed by atoms with Crippen molar-refractivity contribution in [3.05, 3.63) is 89.0 Å². The zero-order valence-corrected chi connectivity index (χ0v) is 18.4. The molecule has 0 amide bonds. The third-order valence-corrected chi connectivity index (χ3v) is 7.02. The molecule has 1 aliphatic heterocycles. The monoisotopic (exact) mass is 429 g/mol. The molecule has 0 radical (unpaired) electrons. The molecule has 5 rings (SSSR count). The standard InChI is InChI=1S/C28H31NO3/c30-23-8-3-20(4-9-23)26-13-7-22-19-24(31)10-14-27(22)28(26)21-5-11-25(12-6-21)32-18-17-29-15-1-2-16-29/h3-6,8-12,14,19,26,28,30-31H,1-2,7,13,15-18H2. The van der Waals surface area contributed by atoms with Crippen LogP contribution in [0, 0.1) is 0 Å². The number of hydrogen-bond acceptors (Lipinski definition) is 4. The van der Waals surface area contributed by atoms with Crippen LogP contribution in [0.25, 0.3) is 0 Å². The second kappa shape index (κ2) is 9.25. The quantitative estimate of drug-likeness (QED) is 0.548. The maximum atomic E-state index is 10.0. The summed E-state index contributed by atoms with van der Waals surface area (Å²) in [6, 6.07) is 21.9. The molecular formula is C28H31NO3. The maximum Gasteiger partial charge on any atom is 0.119 e. The lowest BCUT2D eigenvalue weighted by Crippen LogP contribution is -2.25. The number of rotatable bonds is 6. The van der Waals surface area contributed by atoms with E-state index in [1.54, 1.807) is 18.2 Å². The summed E-state index contributed by atoms with van der Waals surface area (Å²) < 4.78 is 6.02. The van der Waals surface area contributed by atoms with E-state index in [2.05, 4.69) is 35.2 Å². The van der Waals surface area contributed by atoms with E-state index in [9.17, 15) is 10.2 Å².